The Kier molecular flexibility index (Phi) is 1.72. The Morgan fingerprint density at radius 2 is 2.20 bits per heavy atom. The SMILES string of the molecule is Clc1ncnc2cc(-c3cn[nH]c3)[nH]c12. The predicted octanol–water partition coefficient (Wildman–Crippen LogP) is 2.00. The van der Waals surface area contributed by atoms with Crippen LogP contribution in [0.2, 0.25) is 5.15 Å². The smallest absolute Gasteiger partial charge is 0.156 e. The van der Waals surface area contributed by atoms with E-state index >= 15 is 0 Å². The number of nitrogens with zero attached hydrogens (tertiary/aromatic N) is 3. The maximum atomic E-state index is 5.93. The van der Waals surface area contributed by atoms with Crippen molar-refractivity contribution in [1.82, 2.24) is 25.1 Å². The fourth-order valence-electron chi connectivity index (χ4n) is 1.46. The summed E-state index contributed by atoms with van der Waals surface area (Å²) in [4.78, 5) is 11.2. The Labute approximate surface area is 89.5 Å². The normalized spacial score (nSPS) is 11.0. The lowest BCUT2D eigenvalue weighted by atomic mass is 10.3. The summed E-state index contributed by atoms with van der Waals surface area (Å²) in [6.07, 6.45) is 4.97. The summed E-state index contributed by atoms with van der Waals surface area (Å²) in [5, 5.41) is 7.05. The minimum absolute atomic E-state index is 0.426. The fraction of sp³-hybridized carbons (Fsp3) is 0. The van der Waals surface area contributed by atoms with Crippen molar-refractivity contribution in [2.45, 2.75) is 0 Å². The standard InChI is InChI=1S/C9H6ClN5/c10-9-8-7(11-4-12-9)1-6(15-8)5-2-13-14-3-5/h1-4,15H,(H,13,14). The zero-order valence-electron chi connectivity index (χ0n) is 7.53. The summed E-state index contributed by atoms with van der Waals surface area (Å²) < 4.78 is 0. The number of hydrogen-bond donors (Lipinski definition) is 2. The van der Waals surface area contributed by atoms with Crippen molar-refractivity contribution >= 4 is 22.6 Å². The maximum absolute atomic E-state index is 5.93. The molecule has 0 amide bonds. The number of aromatic nitrogens is 5. The predicted molar refractivity (Wildman–Crippen MR) is 56.5 cm³/mol. The number of hydrogen-bond acceptors (Lipinski definition) is 3. The van der Waals surface area contributed by atoms with Crippen molar-refractivity contribution < 1.29 is 0 Å². The Balaban J connectivity index is 2.27. The first-order valence-electron chi connectivity index (χ1n) is 4.33. The highest BCUT2D eigenvalue weighted by Crippen LogP contribution is 2.24. The molecule has 0 atom stereocenters. The minimum Gasteiger partial charge on any atom is -0.351 e. The number of nitrogens with one attached hydrogen (secondary N) is 2. The van der Waals surface area contributed by atoms with E-state index in [2.05, 4.69) is 25.1 Å². The van der Waals surface area contributed by atoms with Gasteiger partial charge in [-0.3, -0.25) is 5.10 Å². The molecule has 3 heterocycles. The second-order valence-electron chi connectivity index (χ2n) is 3.09. The summed E-state index contributed by atoms with van der Waals surface area (Å²) in [7, 11) is 0. The first-order chi connectivity index (χ1) is 7.34. The van der Waals surface area contributed by atoms with Gasteiger partial charge in [0.2, 0.25) is 0 Å². The largest absolute Gasteiger partial charge is 0.351 e. The lowest BCUT2D eigenvalue weighted by Crippen LogP contribution is -1.79. The molecule has 3 aromatic heterocycles. The monoisotopic (exact) mass is 219 g/mol. The van der Waals surface area contributed by atoms with Gasteiger partial charge < -0.3 is 4.98 Å². The van der Waals surface area contributed by atoms with E-state index in [1.54, 1.807) is 12.4 Å². The van der Waals surface area contributed by atoms with Crippen molar-refractivity contribution in [3.63, 3.8) is 0 Å². The molecule has 3 aromatic rings. The van der Waals surface area contributed by atoms with E-state index in [0.717, 1.165) is 22.3 Å². The molecule has 6 heteroatoms. The quantitative estimate of drug-likeness (QED) is 0.615. The van der Waals surface area contributed by atoms with Crippen LogP contribution in [0.5, 0.6) is 0 Å². The van der Waals surface area contributed by atoms with Gasteiger partial charge in [0.25, 0.3) is 0 Å². The van der Waals surface area contributed by atoms with Gasteiger partial charge >= 0.3 is 0 Å². The van der Waals surface area contributed by atoms with Gasteiger partial charge in [0.05, 0.1) is 17.4 Å². The Bertz CT molecular complexity index is 598. The maximum Gasteiger partial charge on any atom is 0.156 e. The third-order valence-corrected chi connectivity index (χ3v) is 2.47. The third-order valence-electron chi connectivity index (χ3n) is 2.18. The van der Waals surface area contributed by atoms with Crippen molar-refractivity contribution in [1.29, 1.82) is 0 Å². The molecule has 0 saturated carbocycles. The van der Waals surface area contributed by atoms with Crippen LogP contribution in [0.4, 0.5) is 0 Å². The number of H-pyrrole nitrogens is 2. The Hall–Kier alpha value is -1.88. The number of halogens is 1. The van der Waals surface area contributed by atoms with Crippen LogP contribution < -0.4 is 0 Å². The average Bonchev–Trinajstić information content (AvgIpc) is 2.86. The topological polar surface area (TPSA) is 70.2 Å². The molecule has 0 unspecified atom stereocenters. The summed E-state index contributed by atoms with van der Waals surface area (Å²) in [6.45, 7) is 0. The van der Waals surface area contributed by atoms with Gasteiger partial charge in [-0.25, -0.2) is 9.97 Å². The number of fused-ring (bicyclic) bond motifs is 1. The number of aromatic amines is 2. The van der Waals surface area contributed by atoms with Gasteiger partial charge in [-0.1, -0.05) is 11.6 Å². The molecule has 0 aliphatic heterocycles. The van der Waals surface area contributed by atoms with E-state index in [9.17, 15) is 0 Å². The summed E-state index contributed by atoms with van der Waals surface area (Å²) >= 11 is 5.93. The van der Waals surface area contributed by atoms with E-state index in [1.165, 1.54) is 6.33 Å². The van der Waals surface area contributed by atoms with E-state index in [-0.39, 0.29) is 0 Å². The zero-order valence-corrected chi connectivity index (χ0v) is 8.28. The van der Waals surface area contributed by atoms with Crippen LogP contribution in [-0.2, 0) is 0 Å². The van der Waals surface area contributed by atoms with Crippen LogP contribution in [0.1, 0.15) is 0 Å². The molecule has 3 rings (SSSR count). The molecule has 0 radical (unpaired) electrons. The van der Waals surface area contributed by atoms with Gasteiger partial charge in [0.15, 0.2) is 5.15 Å². The van der Waals surface area contributed by atoms with Crippen molar-refractivity contribution in [2.24, 2.45) is 0 Å². The van der Waals surface area contributed by atoms with Crippen LogP contribution in [0.3, 0.4) is 0 Å². The van der Waals surface area contributed by atoms with E-state index in [1.807, 2.05) is 6.07 Å². The first-order valence-corrected chi connectivity index (χ1v) is 4.71. The van der Waals surface area contributed by atoms with Gasteiger partial charge in [0, 0.05) is 11.8 Å². The average molecular weight is 220 g/mol. The molecule has 0 aliphatic rings. The molecule has 74 valence electrons. The molecule has 2 N–H and O–H groups in total. The van der Waals surface area contributed by atoms with Crippen LogP contribution in [0, 0.1) is 0 Å². The molecular weight excluding hydrogens is 214 g/mol. The molecular formula is C9H6ClN5. The highest BCUT2D eigenvalue weighted by atomic mass is 35.5. The van der Waals surface area contributed by atoms with Crippen LogP contribution in [0.15, 0.2) is 24.8 Å². The van der Waals surface area contributed by atoms with E-state index < -0.39 is 0 Å². The molecule has 15 heavy (non-hydrogen) atoms. The second-order valence-corrected chi connectivity index (χ2v) is 3.45. The molecule has 0 bridgehead atoms. The van der Waals surface area contributed by atoms with Crippen molar-refractivity contribution in [2.75, 3.05) is 0 Å². The van der Waals surface area contributed by atoms with Crippen LogP contribution >= 0.6 is 11.6 Å². The zero-order chi connectivity index (χ0) is 10.3. The molecule has 0 fully saturated rings. The summed E-state index contributed by atoms with van der Waals surface area (Å²) in [5.41, 5.74) is 3.42. The van der Waals surface area contributed by atoms with Crippen LogP contribution in [0.25, 0.3) is 22.3 Å². The summed E-state index contributed by atoms with van der Waals surface area (Å²) in [5.74, 6) is 0. The van der Waals surface area contributed by atoms with Gasteiger partial charge in [0.1, 0.15) is 11.8 Å². The highest BCUT2D eigenvalue weighted by Gasteiger charge is 2.07. The van der Waals surface area contributed by atoms with Gasteiger partial charge in [-0.15, -0.1) is 0 Å². The molecule has 0 aliphatic carbocycles. The second kappa shape index (κ2) is 3.06. The summed E-state index contributed by atoms with van der Waals surface area (Å²) in [6, 6.07) is 1.91. The Morgan fingerprint density at radius 3 is 2.93 bits per heavy atom. The van der Waals surface area contributed by atoms with Crippen LogP contribution in [-0.4, -0.2) is 25.1 Å². The highest BCUT2D eigenvalue weighted by molar-refractivity contribution is 6.33. The van der Waals surface area contributed by atoms with E-state index in [4.69, 9.17) is 11.6 Å². The lowest BCUT2D eigenvalue weighted by molar-refractivity contribution is 1.09. The first kappa shape index (κ1) is 8.43. The van der Waals surface area contributed by atoms with E-state index in [0.29, 0.717) is 5.15 Å². The fourth-order valence-corrected chi connectivity index (χ4v) is 1.65. The lowest BCUT2D eigenvalue weighted by Gasteiger charge is -1.90. The molecule has 0 saturated heterocycles. The minimum atomic E-state index is 0.426. The van der Waals surface area contributed by atoms with Gasteiger partial charge in [-0.2, -0.15) is 5.10 Å². The molecule has 5 nitrogen and oxygen atoms in total. The molecule has 0 spiro atoms. The number of rotatable bonds is 1. The Morgan fingerprint density at radius 1 is 1.27 bits per heavy atom. The van der Waals surface area contributed by atoms with Crippen molar-refractivity contribution in [3.8, 4) is 11.3 Å². The van der Waals surface area contributed by atoms with Gasteiger partial charge in [-0.05, 0) is 6.07 Å². The van der Waals surface area contributed by atoms with Crippen molar-refractivity contribution in [3.05, 3.63) is 29.9 Å². The molecule has 0 aromatic carbocycles. The third kappa shape index (κ3) is 1.28.